The molecule has 3 saturated heterocycles. The Morgan fingerprint density at radius 1 is 0.929 bits per heavy atom. The van der Waals surface area contributed by atoms with E-state index in [1.54, 1.807) is 12.1 Å². The zero-order valence-electron chi connectivity index (χ0n) is 15.4. The van der Waals surface area contributed by atoms with E-state index in [1.165, 1.54) is 0 Å². The van der Waals surface area contributed by atoms with Gasteiger partial charge in [-0.05, 0) is 56.0 Å². The molecule has 0 aromatic heterocycles. The van der Waals surface area contributed by atoms with Crippen molar-refractivity contribution in [1.82, 2.24) is 15.5 Å². The number of rotatable bonds is 2. The molecule has 3 fully saturated rings. The number of benzene rings is 1. The van der Waals surface area contributed by atoms with Crippen molar-refractivity contribution in [3.8, 4) is 0 Å². The van der Waals surface area contributed by atoms with Crippen molar-refractivity contribution in [2.75, 3.05) is 31.1 Å². The summed E-state index contributed by atoms with van der Waals surface area (Å²) in [6, 6.07) is 4.45. The van der Waals surface area contributed by atoms with Crippen molar-refractivity contribution in [3.63, 3.8) is 0 Å². The lowest BCUT2D eigenvalue weighted by molar-refractivity contribution is -0.136. The first-order chi connectivity index (χ1) is 13.5. The van der Waals surface area contributed by atoms with Crippen LogP contribution in [0.4, 0.5) is 5.69 Å². The summed E-state index contributed by atoms with van der Waals surface area (Å²) in [4.78, 5) is 52.6. The predicted molar refractivity (Wildman–Crippen MR) is 99.8 cm³/mol. The molecule has 0 radical (unpaired) electrons. The molecule has 5 rings (SSSR count). The van der Waals surface area contributed by atoms with Crippen LogP contribution >= 0.6 is 0 Å². The largest absolute Gasteiger partial charge is 0.371 e. The Hall–Kier alpha value is -2.74. The minimum absolute atomic E-state index is 0.125. The molecule has 8 heteroatoms. The van der Waals surface area contributed by atoms with Crippen LogP contribution in [0.3, 0.4) is 0 Å². The Morgan fingerprint density at radius 2 is 1.71 bits per heavy atom. The number of anilines is 1. The van der Waals surface area contributed by atoms with Crippen LogP contribution in [-0.2, 0) is 9.59 Å². The normalized spacial score (nSPS) is 29.8. The third-order valence-corrected chi connectivity index (χ3v) is 6.46. The SMILES string of the molecule is O=C1CCC(N2C(=O)c3ccc(N4C[C@H]5CNCC[C@H]5C4)cc3C2=O)C(=O)N1. The summed E-state index contributed by atoms with van der Waals surface area (Å²) in [7, 11) is 0. The molecule has 28 heavy (non-hydrogen) atoms. The maximum absolute atomic E-state index is 13.0. The highest BCUT2D eigenvalue weighted by Crippen LogP contribution is 2.35. The highest BCUT2D eigenvalue weighted by molar-refractivity contribution is 6.23. The molecule has 3 atom stereocenters. The summed E-state index contributed by atoms with van der Waals surface area (Å²) in [5.41, 5.74) is 1.62. The van der Waals surface area contributed by atoms with E-state index in [9.17, 15) is 19.2 Å². The van der Waals surface area contributed by atoms with Gasteiger partial charge in [0, 0.05) is 25.2 Å². The lowest BCUT2D eigenvalue weighted by atomic mass is 9.90. The van der Waals surface area contributed by atoms with Crippen LogP contribution in [-0.4, -0.2) is 60.7 Å². The predicted octanol–water partition coefficient (Wildman–Crippen LogP) is 0.134. The first kappa shape index (κ1) is 17.4. The minimum atomic E-state index is -0.922. The minimum Gasteiger partial charge on any atom is -0.371 e. The summed E-state index contributed by atoms with van der Waals surface area (Å²) in [6.45, 7) is 3.97. The Labute approximate surface area is 162 Å². The molecule has 146 valence electrons. The fraction of sp³-hybridized carbons (Fsp3) is 0.500. The van der Waals surface area contributed by atoms with Gasteiger partial charge in [-0.15, -0.1) is 0 Å². The lowest BCUT2D eigenvalue weighted by Crippen LogP contribution is -2.54. The van der Waals surface area contributed by atoms with Gasteiger partial charge in [-0.25, -0.2) is 0 Å². The molecule has 0 saturated carbocycles. The molecular formula is C20H22N4O4. The molecule has 0 bridgehead atoms. The van der Waals surface area contributed by atoms with Gasteiger partial charge in [0.05, 0.1) is 11.1 Å². The molecule has 2 N–H and O–H groups in total. The van der Waals surface area contributed by atoms with Crippen molar-refractivity contribution >= 4 is 29.3 Å². The van der Waals surface area contributed by atoms with Crippen LogP contribution in [0, 0.1) is 11.8 Å². The second-order valence-electron chi connectivity index (χ2n) is 8.10. The fourth-order valence-corrected chi connectivity index (χ4v) is 4.94. The molecule has 1 aromatic rings. The Kier molecular flexibility index (Phi) is 3.97. The summed E-state index contributed by atoms with van der Waals surface area (Å²) in [6.07, 6.45) is 1.46. The Bertz CT molecular complexity index is 884. The number of nitrogens with one attached hydrogen (secondary N) is 2. The molecule has 4 amide bonds. The van der Waals surface area contributed by atoms with Gasteiger partial charge in [-0.1, -0.05) is 0 Å². The van der Waals surface area contributed by atoms with Crippen molar-refractivity contribution < 1.29 is 19.2 Å². The number of carbonyl (C=O) groups is 4. The number of fused-ring (bicyclic) bond motifs is 2. The number of piperidine rings is 2. The van der Waals surface area contributed by atoms with Gasteiger partial charge < -0.3 is 10.2 Å². The molecular weight excluding hydrogens is 360 g/mol. The highest BCUT2D eigenvalue weighted by atomic mass is 16.2. The van der Waals surface area contributed by atoms with Gasteiger partial charge >= 0.3 is 0 Å². The Morgan fingerprint density at radius 3 is 2.50 bits per heavy atom. The number of hydrogen-bond acceptors (Lipinski definition) is 6. The van der Waals surface area contributed by atoms with Gasteiger partial charge in [0.1, 0.15) is 6.04 Å². The van der Waals surface area contributed by atoms with E-state index in [1.807, 2.05) is 6.07 Å². The lowest BCUT2D eigenvalue weighted by Gasteiger charge is -2.27. The monoisotopic (exact) mass is 382 g/mol. The Balaban J connectivity index is 1.40. The van der Waals surface area contributed by atoms with E-state index in [0.29, 0.717) is 23.0 Å². The molecule has 4 heterocycles. The second kappa shape index (κ2) is 6.41. The third-order valence-electron chi connectivity index (χ3n) is 6.46. The molecule has 0 aliphatic carbocycles. The van der Waals surface area contributed by atoms with Crippen LogP contribution in [0.5, 0.6) is 0 Å². The topological polar surface area (TPSA) is 98.8 Å². The molecule has 8 nitrogen and oxygen atoms in total. The van der Waals surface area contributed by atoms with Crippen LogP contribution in [0.2, 0.25) is 0 Å². The third kappa shape index (κ3) is 2.63. The van der Waals surface area contributed by atoms with Crippen LogP contribution in [0.1, 0.15) is 40.0 Å². The maximum Gasteiger partial charge on any atom is 0.262 e. The van der Waals surface area contributed by atoms with Gasteiger partial charge in [-0.2, -0.15) is 0 Å². The average molecular weight is 382 g/mol. The van der Waals surface area contributed by atoms with Gasteiger partial charge in [0.15, 0.2) is 0 Å². The van der Waals surface area contributed by atoms with Crippen LogP contribution in [0.15, 0.2) is 18.2 Å². The first-order valence-corrected chi connectivity index (χ1v) is 9.84. The number of amides is 4. The van der Waals surface area contributed by atoms with Gasteiger partial charge in [-0.3, -0.25) is 29.4 Å². The van der Waals surface area contributed by atoms with Crippen molar-refractivity contribution in [2.24, 2.45) is 11.8 Å². The number of nitrogens with zero attached hydrogens (tertiary/aromatic N) is 2. The van der Waals surface area contributed by atoms with Crippen LogP contribution < -0.4 is 15.5 Å². The smallest absolute Gasteiger partial charge is 0.262 e. The maximum atomic E-state index is 13.0. The molecule has 1 aromatic carbocycles. The van der Waals surface area contributed by atoms with E-state index in [0.717, 1.165) is 43.2 Å². The summed E-state index contributed by atoms with van der Waals surface area (Å²) in [5, 5.41) is 5.66. The molecule has 4 aliphatic heterocycles. The van der Waals surface area contributed by atoms with E-state index >= 15 is 0 Å². The standard InChI is InChI=1S/C20H22N4O4/c25-17-4-3-16(18(26)22-17)24-19(27)14-2-1-13(7-15(14)20(24)28)23-9-11-5-6-21-8-12(11)10-23/h1-2,7,11-12,16,21H,3-6,8-10H2,(H,22,25,26)/t11-,12+,16?/m0/s1. The van der Waals surface area contributed by atoms with E-state index in [2.05, 4.69) is 15.5 Å². The van der Waals surface area contributed by atoms with E-state index < -0.39 is 23.8 Å². The second-order valence-corrected chi connectivity index (χ2v) is 8.10. The van der Waals surface area contributed by atoms with Gasteiger partial charge in [0.2, 0.25) is 11.8 Å². The number of carbonyl (C=O) groups excluding carboxylic acids is 4. The number of hydrogen-bond donors (Lipinski definition) is 2. The van der Waals surface area contributed by atoms with Crippen molar-refractivity contribution in [2.45, 2.75) is 25.3 Å². The summed E-state index contributed by atoms with van der Waals surface area (Å²) in [5.74, 6) is -0.590. The van der Waals surface area contributed by atoms with Crippen molar-refractivity contribution in [3.05, 3.63) is 29.3 Å². The fourth-order valence-electron chi connectivity index (χ4n) is 4.94. The van der Waals surface area contributed by atoms with Crippen LogP contribution in [0.25, 0.3) is 0 Å². The molecule has 4 aliphatic rings. The van der Waals surface area contributed by atoms with E-state index in [-0.39, 0.29) is 18.7 Å². The highest BCUT2D eigenvalue weighted by Gasteiger charge is 2.45. The summed E-state index contributed by atoms with van der Waals surface area (Å²) < 4.78 is 0. The molecule has 1 unspecified atom stereocenters. The van der Waals surface area contributed by atoms with Crippen molar-refractivity contribution in [1.29, 1.82) is 0 Å². The summed E-state index contributed by atoms with van der Waals surface area (Å²) >= 11 is 0. The molecule has 0 spiro atoms. The zero-order valence-corrected chi connectivity index (χ0v) is 15.4. The van der Waals surface area contributed by atoms with E-state index in [4.69, 9.17) is 0 Å². The number of imide groups is 2. The first-order valence-electron chi connectivity index (χ1n) is 9.84. The zero-order chi connectivity index (χ0) is 19.4. The quantitative estimate of drug-likeness (QED) is 0.706. The average Bonchev–Trinajstić information content (AvgIpc) is 3.22. The van der Waals surface area contributed by atoms with Gasteiger partial charge in [0.25, 0.3) is 11.8 Å².